The van der Waals surface area contributed by atoms with Crippen molar-refractivity contribution in [2.75, 3.05) is 13.6 Å². The number of amides is 1. The lowest BCUT2D eigenvalue weighted by molar-refractivity contribution is -0.133. The van der Waals surface area contributed by atoms with E-state index in [2.05, 4.69) is 0 Å². The SMILES string of the molecule is CN(CC#N)C(=O)C(N)C(C)(C)C. The molecule has 0 aromatic heterocycles. The zero-order chi connectivity index (χ0) is 10.6. The van der Waals surface area contributed by atoms with Crippen LogP contribution < -0.4 is 5.73 Å². The number of hydrogen-bond acceptors (Lipinski definition) is 3. The fourth-order valence-electron chi connectivity index (χ4n) is 0.792. The van der Waals surface area contributed by atoms with Gasteiger partial charge in [-0.15, -0.1) is 0 Å². The van der Waals surface area contributed by atoms with Crippen LogP contribution in [0.3, 0.4) is 0 Å². The summed E-state index contributed by atoms with van der Waals surface area (Å²) in [6, 6.07) is 1.35. The smallest absolute Gasteiger partial charge is 0.240 e. The van der Waals surface area contributed by atoms with E-state index in [4.69, 9.17) is 11.0 Å². The minimum absolute atomic E-state index is 0.0859. The van der Waals surface area contributed by atoms with E-state index in [1.807, 2.05) is 26.8 Å². The van der Waals surface area contributed by atoms with Crippen LogP contribution in [0, 0.1) is 16.7 Å². The van der Waals surface area contributed by atoms with Crippen LogP contribution in [0.2, 0.25) is 0 Å². The summed E-state index contributed by atoms with van der Waals surface area (Å²) < 4.78 is 0. The molecule has 0 bridgehead atoms. The molecule has 1 unspecified atom stereocenters. The lowest BCUT2D eigenvalue weighted by Gasteiger charge is -2.28. The van der Waals surface area contributed by atoms with Crippen LogP contribution in [0.1, 0.15) is 20.8 Å². The van der Waals surface area contributed by atoms with Crippen LogP contribution in [0.15, 0.2) is 0 Å². The van der Waals surface area contributed by atoms with Gasteiger partial charge in [-0.1, -0.05) is 20.8 Å². The van der Waals surface area contributed by atoms with Gasteiger partial charge in [-0.05, 0) is 5.41 Å². The van der Waals surface area contributed by atoms with Gasteiger partial charge in [0, 0.05) is 7.05 Å². The fourth-order valence-corrected chi connectivity index (χ4v) is 0.792. The van der Waals surface area contributed by atoms with Gasteiger partial charge >= 0.3 is 0 Å². The lowest BCUT2D eigenvalue weighted by atomic mass is 9.86. The third kappa shape index (κ3) is 3.43. The summed E-state index contributed by atoms with van der Waals surface area (Å²) in [5, 5.41) is 8.39. The minimum atomic E-state index is -0.550. The molecule has 0 radical (unpaired) electrons. The molecule has 0 saturated heterocycles. The van der Waals surface area contributed by atoms with Crippen molar-refractivity contribution in [2.24, 2.45) is 11.1 Å². The summed E-state index contributed by atoms with van der Waals surface area (Å²) >= 11 is 0. The van der Waals surface area contributed by atoms with Crippen molar-refractivity contribution >= 4 is 5.91 Å². The molecule has 74 valence electrons. The van der Waals surface area contributed by atoms with Gasteiger partial charge in [-0.3, -0.25) is 4.79 Å². The average Bonchev–Trinajstić information content (AvgIpc) is 2.00. The topological polar surface area (TPSA) is 70.1 Å². The van der Waals surface area contributed by atoms with Crippen molar-refractivity contribution in [3.05, 3.63) is 0 Å². The first kappa shape index (κ1) is 11.9. The van der Waals surface area contributed by atoms with Gasteiger partial charge in [0.05, 0.1) is 12.1 Å². The molecule has 0 aliphatic rings. The van der Waals surface area contributed by atoms with E-state index in [-0.39, 0.29) is 17.9 Å². The van der Waals surface area contributed by atoms with Crippen molar-refractivity contribution in [3.63, 3.8) is 0 Å². The molecule has 1 amide bonds. The highest BCUT2D eigenvalue weighted by Gasteiger charge is 2.29. The van der Waals surface area contributed by atoms with Crippen molar-refractivity contribution in [2.45, 2.75) is 26.8 Å². The maximum Gasteiger partial charge on any atom is 0.240 e. The molecular formula is C9H17N3O. The van der Waals surface area contributed by atoms with Crippen LogP contribution in [-0.2, 0) is 4.79 Å². The maximum atomic E-state index is 11.5. The second-order valence-corrected chi connectivity index (χ2v) is 4.20. The molecule has 0 aromatic carbocycles. The highest BCUT2D eigenvalue weighted by molar-refractivity contribution is 5.82. The van der Waals surface area contributed by atoms with Gasteiger partial charge in [0.2, 0.25) is 5.91 Å². The Morgan fingerprint density at radius 1 is 1.62 bits per heavy atom. The average molecular weight is 183 g/mol. The van der Waals surface area contributed by atoms with Gasteiger partial charge in [-0.2, -0.15) is 5.26 Å². The molecule has 0 aliphatic heterocycles. The highest BCUT2D eigenvalue weighted by atomic mass is 16.2. The Kier molecular flexibility index (Phi) is 3.89. The standard InChI is InChI=1S/C9H17N3O/c1-9(2,3)7(11)8(13)12(4)6-5-10/h7H,6,11H2,1-4H3. The van der Waals surface area contributed by atoms with Gasteiger partial charge < -0.3 is 10.6 Å². The van der Waals surface area contributed by atoms with Crippen molar-refractivity contribution in [3.8, 4) is 6.07 Å². The first-order valence-electron chi connectivity index (χ1n) is 4.18. The Morgan fingerprint density at radius 2 is 2.08 bits per heavy atom. The zero-order valence-electron chi connectivity index (χ0n) is 8.66. The minimum Gasteiger partial charge on any atom is -0.331 e. The Balaban J connectivity index is 4.36. The normalized spacial score (nSPS) is 13.2. The monoisotopic (exact) mass is 183 g/mol. The number of nitrogens with zero attached hydrogens (tertiary/aromatic N) is 2. The van der Waals surface area contributed by atoms with E-state index < -0.39 is 6.04 Å². The zero-order valence-corrected chi connectivity index (χ0v) is 8.66. The van der Waals surface area contributed by atoms with Crippen LogP contribution >= 0.6 is 0 Å². The quantitative estimate of drug-likeness (QED) is 0.628. The molecular weight excluding hydrogens is 166 g/mol. The van der Waals surface area contributed by atoms with E-state index in [0.717, 1.165) is 0 Å². The van der Waals surface area contributed by atoms with Crippen LogP contribution in [0.5, 0.6) is 0 Å². The molecule has 0 fully saturated rings. The van der Waals surface area contributed by atoms with E-state index >= 15 is 0 Å². The summed E-state index contributed by atoms with van der Waals surface area (Å²) in [5.41, 5.74) is 5.46. The molecule has 4 nitrogen and oxygen atoms in total. The van der Waals surface area contributed by atoms with Crippen LogP contribution in [0.25, 0.3) is 0 Å². The summed E-state index contributed by atoms with van der Waals surface area (Å²) in [6.07, 6.45) is 0. The van der Waals surface area contributed by atoms with Crippen LogP contribution in [-0.4, -0.2) is 30.4 Å². The Hall–Kier alpha value is -1.08. The van der Waals surface area contributed by atoms with E-state index in [1.165, 1.54) is 4.90 Å². The molecule has 0 spiro atoms. The Labute approximate surface area is 79.3 Å². The highest BCUT2D eigenvalue weighted by Crippen LogP contribution is 2.18. The Morgan fingerprint density at radius 3 is 2.38 bits per heavy atom. The molecule has 2 N–H and O–H groups in total. The number of carbonyl (C=O) groups is 1. The van der Waals surface area contributed by atoms with E-state index in [1.54, 1.807) is 7.05 Å². The molecule has 0 rings (SSSR count). The molecule has 0 aliphatic carbocycles. The first-order valence-corrected chi connectivity index (χ1v) is 4.18. The van der Waals surface area contributed by atoms with Crippen molar-refractivity contribution in [1.29, 1.82) is 5.26 Å². The number of nitrogens with two attached hydrogens (primary N) is 1. The maximum absolute atomic E-state index is 11.5. The Bertz CT molecular complexity index is 224. The number of carbonyl (C=O) groups excluding carboxylic acids is 1. The second kappa shape index (κ2) is 4.24. The third-order valence-corrected chi connectivity index (χ3v) is 1.88. The summed E-state index contributed by atoms with van der Waals surface area (Å²) in [4.78, 5) is 12.9. The molecule has 1 atom stereocenters. The van der Waals surface area contributed by atoms with Crippen molar-refractivity contribution < 1.29 is 4.79 Å². The van der Waals surface area contributed by atoms with E-state index in [0.29, 0.717) is 0 Å². The largest absolute Gasteiger partial charge is 0.331 e. The van der Waals surface area contributed by atoms with Crippen molar-refractivity contribution in [1.82, 2.24) is 4.90 Å². The number of rotatable bonds is 2. The number of hydrogen-bond donors (Lipinski definition) is 1. The molecule has 4 heteroatoms. The van der Waals surface area contributed by atoms with Gasteiger partial charge in [0.1, 0.15) is 6.54 Å². The van der Waals surface area contributed by atoms with Gasteiger partial charge in [0.15, 0.2) is 0 Å². The van der Waals surface area contributed by atoms with Crippen LogP contribution in [0.4, 0.5) is 0 Å². The van der Waals surface area contributed by atoms with Gasteiger partial charge in [0.25, 0.3) is 0 Å². The third-order valence-electron chi connectivity index (χ3n) is 1.88. The molecule has 13 heavy (non-hydrogen) atoms. The fraction of sp³-hybridized carbons (Fsp3) is 0.778. The summed E-state index contributed by atoms with van der Waals surface area (Å²) in [6.45, 7) is 5.78. The predicted octanol–water partition coefficient (Wildman–Crippen LogP) is 0.342. The second-order valence-electron chi connectivity index (χ2n) is 4.20. The molecule has 0 aromatic rings. The first-order chi connectivity index (χ1) is 5.80. The van der Waals surface area contributed by atoms with Gasteiger partial charge in [-0.25, -0.2) is 0 Å². The number of nitriles is 1. The number of likely N-dealkylation sites (N-methyl/N-ethyl adjacent to an activating group) is 1. The molecule has 0 saturated carbocycles. The summed E-state index contributed by atoms with van der Waals surface area (Å²) in [7, 11) is 1.58. The van der Waals surface area contributed by atoms with E-state index in [9.17, 15) is 4.79 Å². The summed E-state index contributed by atoms with van der Waals surface area (Å²) in [5.74, 6) is -0.186. The molecule has 0 heterocycles. The predicted molar refractivity (Wildman–Crippen MR) is 50.7 cm³/mol. The lowest BCUT2D eigenvalue weighted by Crippen LogP contribution is -2.49.